The average Bonchev–Trinajstić information content (AvgIpc) is 3.09. The van der Waals surface area contributed by atoms with Crippen LogP contribution in [0.5, 0.6) is 11.8 Å². The van der Waals surface area contributed by atoms with Crippen molar-refractivity contribution in [2.24, 2.45) is 0 Å². The van der Waals surface area contributed by atoms with Crippen molar-refractivity contribution < 1.29 is 23.8 Å². The number of hydrogen-bond donors (Lipinski definition) is 1. The summed E-state index contributed by atoms with van der Waals surface area (Å²) >= 11 is 0. The maximum absolute atomic E-state index is 13.2. The summed E-state index contributed by atoms with van der Waals surface area (Å²) in [4.78, 5) is 17.5. The van der Waals surface area contributed by atoms with Gasteiger partial charge in [0, 0.05) is 0 Å². The molecule has 0 fully saturated rings. The first-order chi connectivity index (χ1) is 14.1. The first-order valence-corrected chi connectivity index (χ1v) is 9.98. The minimum atomic E-state index is -1.06. The van der Waals surface area contributed by atoms with E-state index in [-0.39, 0.29) is 23.2 Å². The molecule has 0 bridgehead atoms. The molecular weight excluding hydrogens is 382 g/mol. The van der Waals surface area contributed by atoms with E-state index in [4.69, 9.17) is 13.9 Å². The van der Waals surface area contributed by atoms with Crippen molar-refractivity contribution in [3.05, 3.63) is 59.4 Å². The summed E-state index contributed by atoms with van der Waals surface area (Å²) in [7, 11) is 0. The monoisotopic (exact) mass is 407 g/mol. The summed E-state index contributed by atoms with van der Waals surface area (Å²) in [6.45, 7) is 8.93. The fourth-order valence-electron chi connectivity index (χ4n) is 3.85. The van der Waals surface area contributed by atoms with Crippen LogP contribution in [0.4, 0.5) is 0 Å². The van der Waals surface area contributed by atoms with Crippen LogP contribution in [0.15, 0.2) is 52.6 Å². The predicted molar refractivity (Wildman–Crippen MR) is 114 cm³/mol. The minimum Gasteiger partial charge on any atom is -0.508 e. The Balaban J connectivity index is 1.80. The van der Waals surface area contributed by atoms with Crippen molar-refractivity contribution in [2.45, 2.75) is 52.2 Å². The van der Waals surface area contributed by atoms with Crippen LogP contribution in [0.2, 0.25) is 0 Å². The first-order valence-electron chi connectivity index (χ1n) is 9.98. The highest BCUT2D eigenvalue weighted by Crippen LogP contribution is 2.42. The van der Waals surface area contributed by atoms with E-state index < -0.39 is 11.2 Å². The summed E-state index contributed by atoms with van der Waals surface area (Å²) < 4.78 is 17.3. The highest BCUT2D eigenvalue weighted by atomic mass is 16.6. The van der Waals surface area contributed by atoms with Crippen molar-refractivity contribution in [3.63, 3.8) is 0 Å². The maximum atomic E-state index is 13.2. The van der Waals surface area contributed by atoms with E-state index in [0.29, 0.717) is 28.8 Å². The number of aliphatic hydroxyl groups is 1. The quantitative estimate of drug-likeness (QED) is 0.605. The predicted octanol–water partition coefficient (Wildman–Crippen LogP) is 5.61. The van der Waals surface area contributed by atoms with Crippen molar-refractivity contribution >= 4 is 22.5 Å². The number of para-hydroxylation sites is 2. The molecule has 0 saturated carbocycles. The number of carbonyl (C=O) groups excluding carboxylic acids is 1. The van der Waals surface area contributed by atoms with E-state index in [1.807, 2.05) is 37.3 Å². The lowest BCUT2D eigenvalue weighted by molar-refractivity contribution is -0.158. The first kappa shape index (κ1) is 20.2. The molecule has 1 N–H and O–H groups in total. The Morgan fingerprint density at radius 1 is 1.07 bits per heavy atom. The molecule has 0 unspecified atom stereocenters. The van der Waals surface area contributed by atoms with Gasteiger partial charge in [-0.3, -0.25) is 4.79 Å². The molecule has 0 aliphatic carbocycles. The second kappa shape index (κ2) is 6.99. The largest absolute Gasteiger partial charge is 0.508 e. The SMILES string of the molecule is CCc1ccc(Oc2nc3ccccc3o2)cc1C1=C(O)C(C)(C)OC(C)(C)C1=O. The van der Waals surface area contributed by atoms with Gasteiger partial charge in [0.2, 0.25) is 0 Å². The Hall–Kier alpha value is -3.12. The molecule has 1 aromatic heterocycles. The summed E-state index contributed by atoms with van der Waals surface area (Å²) in [5.41, 5.74) is 1.07. The van der Waals surface area contributed by atoms with Gasteiger partial charge in [-0.2, -0.15) is 4.98 Å². The van der Waals surface area contributed by atoms with Crippen molar-refractivity contribution in [1.29, 1.82) is 0 Å². The van der Waals surface area contributed by atoms with Crippen molar-refractivity contribution in [3.8, 4) is 11.8 Å². The second-order valence-electron chi connectivity index (χ2n) is 8.40. The van der Waals surface area contributed by atoms with Gasteiger partial charge in [-0.15, -0.1) is 0 Å². The van der Waals surface area contributed by atoms with E-state index in [1.165, 1.54) is 0 Å². The van der Waals surface area contributed by atoms with E-state index in [2.05, 4.69) is 4.98 Å². The molecule has 2 heterocycles. The number of aromatic nitrogens is 1. The van der Waals surface area contributed by atoms with Gasteiger partial charge in [0.05, 0.1) is 5.57 Å². The maximum Gasteiger partial charge on any atom is 0.400 e. The van der Waals surface area contributed by atoms with Crippen LogP contribution in [-0.4, -0.2) is 27.1 Å². The summed E-state index contributed by atoms with van der Waals surface area (Å²) in [6, 6.07) is 12.8. The number of aliphatic hydroxyl groups excluding tert-OH is 1. The number of ether oxygens (including phenoxy) is 2. The third-order valence-electron chi connectivity index (χ3n) is 5.30. The molecule has 4 rings (SSSR count). The molecular formula is C24H25NO5. The molecule has 1 aliphatic heterocycles. The van der Waals surface area contributed by atoms with E-state index in [0.717, 1.165) is 5.56 Å². The third kappa shape index (κ3) is 3.37. The van der Waals surface area contributed by atoms with Crippen LogP contribution < -0.4 is 4.74 Å². The lowest BCUT2D eigenvalue weighted by Gasteiger charge is -2.40. The zero-order chi connectivity index (χ0) is 21.7. The van der Waals surface area contributed by atoms with Gasteiger partial charge in [-0.05, 0) is 69.5 Å². The lowest BCUT2D eigenvalue weighted by atomic mass is 9.81. The fourth-order valence-corrected chi connectivity index (χ4v) is 3.85. The molecule has 0 saturated heterocycles. The van der Waals surface area contributed by atoms with E-state index in [1.54, 1.807) is 39.8 Å². The topological polar surface area (TPSA) is 81.8 Å². The summed E-state index contributed by atoms with van der Waals surface area (Å²) in [5.74, 6) is 0.109. The number of nitrogens with zero attached hydrogens (tertiary/aromatic N) is 1. The summed E-state index contributed by atoms with van der Waals surface area (Å²) in [6.07, 6.45) is 0.799. The molecule has 6 heteroatoms. The molecule has 156 valence electrons. The average molecular weight is 407 g/mol. The van der Waals surface area contributed by atoms with Crippen LogP contribution >= 0.6 is 0 Å². The number of rotatable bonds is 4. The molecule has 30 heavy (non-hydrogen) atoms. The molecule has 1 aliphatic rings. The van der Waals surface area contributed by atoms with Gasteiger partial charge in [-0.25, -0.2) is 0 Å². The molecule has 2 aromatic carbocycles. The number of oxazole rings is 1. The minimum absolute atomic E-state index is 0.0828. The smallest absolute Gasteiger partial charge is 0.400 e. The Morgan fingerprint density at radius 3 is 2.50 bits per heavy atom. The Bertz CT molecular complexity index is 1140. The highest BCUT2D eigenvalue weighted by Gasteiger charge is 2.47. The van der Waals surface area contributed by atoms with Crippen LogP contribution in [0, 0.1) is 0 Å². The molecule has 0 spiro atoms. The molecule has 3 aromatic rings. The van der Waals surface area contributed by atoms with Crippen LogP contribution in [0.3, 0.4) is 0 Å². The summed E-state index contributed by atoms with van der Waals surface area (Å²) in [5, 5.41) is 10.9. The van der Waals surface area contributed by atoms with E-state index >= 15 is 0 Å². The number of fused-ring (bicyclic) bond motifs is 1. The number of benzene rings is 2. The number of ketones is 1. The van der Waals surface area contributed by atoms with Gasteiger partial charge < -0.3 is 19.0 Å². The standard InChI is InChI=1S/C24H25NO5/c1-6-14-11-12-15(28-22-25-17-9-7-8-10-18(17)29-22)13-16(14)19-20(26)23(2,3)30-24(4,5)21(19)27/h7-13,26H,6H2,1-5H3. The van der Waals surface area contributed by atoms with Gasteiger partial charge in [-0.1, -0.05) is 25.1 Å². The number of carbonyl (C=O) groups is 1. The lowest BCUT2D eigenvalue weighted by Crippen LogP contribution is -2.49. The number of hydrogen-bond acceptors (Lipinski definition) is 6. The number of Topliss-reactive ketones (excluding diaryl/α,β-unsaturated/α-hetero) is 1. The van der Waals surface area contributed by atoms with Crippen LogP contribution in [0.1, 0.15) is 45.7 Å². The zero-order valence-corrected chi connectivity index (χ0v) is 17.8. The molecule has 0 radical (unpaired) electrons. The molecule has 0 atom stereocenters. The van der Waals surface area contributed by atoms with Crippen molar-refractivity contribution in [1.82, 2.24) is 4.98 Å². The van der Waals surface area contributed by atoms with Gasteiger partial charge in [0.1, 0.15) is 28.2 Å². The Morgan fingerprint density at radius 2 is 1.80 bits per heavy atom. The Labute approximate surface area is 175 Å². The fraction of sp³-hybridized carbons (Fsp3) is 0.333. The van der Waals surface area contributed by atoms with Gasteiger partial charge >= 0.3 is 6.08 Å². The van der Waals surface area contributed by atoms with Crippen LogP contribution in [-0.2, 0) is 16.0 Å². The van der Waals surface area contributed by atoms with Gasteiger partial charge in [0.25, 0.3) is 0 Å². The van der Waals surface area contributed by atoms with Crippen LogP contribution in [0.25, 0.3) is 16.7 Å². The second-order valence-corrected chi connectivity index (χ2v) is 8.40. The van der Waals surface area contributed by atoms with Gasteiger partial charge in [0.15, 0.2) is 11.4 Å². The highest BCUT2D eigenvalue weighted by molar-refractivity contribution is 6.26. The third-order valence-corrected chi connectivity index (χ3v) is 5.30. The van der Waals surface area contributed by atoms with Crippen molar-refractivity contribution in [2.75, 3.05) is 0 Å². The molecule has 0 amide bonds. The zero-order valence-electron chi connectivity index (χ0n) is 17.8. The number of aryl methyl sites for hydroxylation is 1. The molecule has 6 nitrogen and oxygen atoms in total. The normalized spacial score (nSPS) is 18.1. The van der Waals surface area contributed by atoms with E-state index in [9.17, 15) is 9.90 Å². The Kier molecular flexibility index (Phi) is 4.70.